The van der Waals surface area contributed by atoms with Gasteiger partial charge in [-0.3, -0.25) is 4.68 Å². The molecule has 0 unspecified atom stereocenters. The number of nitrogens with two attached hydrogens (primary N) is 1. The van der Waals surface area contributed by atoms with E-state index in [1.165, 1.54) is 7.11 Å². The van der Waals surface area contributed by atoms with E-state index >= 15 is 0 Å². The fraction of sp³-hybridized carbons (Fsp3) is 0.636. The van der Waals surface area contributed by atoms with Crippen molar-refractivity contribution in [3.05, 3.63) is 17.5 Å². The van der Waals surface area contributed by atoms with E-state index in [0.717, 1.165) is 12.1 Å². The summed E-state index contributed by atoms with van der Waals surface area (Å²) in [6.07, 6.45) is 0.782. The van der Waals surface area contributed by atoms with E-state index in [2.05, 4.69) is 23.7 Å². The molecule has 0 amide bonds. The lowest BCUT2D eigenvalue weighted by atomic mass is 9.88. The summed E-state index contributed by atoms with van der Waals surface area (Å²) in [5.41, 5.74) is 7.00. The molecule has 0 atom stereocenters. The van der Waals surface area contributed by atoms with Crippen LogP contribution in [0.15, 0.2) is 6.07 Å². The van der Waals surface area contributed by atoms with Gasteiger partial charge in [0.1, 0.15) is 0 Å². The molecule has 0 radical (unpaired) electrons. The molecule has 1 aromatic rings. The predicted octanol–water partition coefficient (Wildman–Crippen LogP) is 0.734. The lowest BCUT2D eigenvalue weighted by molar-refractivity contribution is 0.0593. The molecule has 0 aliphatic rings. The van der Waals surface area contributed by atoms with Gasteiger partial charge in [-0.25, -0.2) is 4.79 Å². The highest BCUT2D eigenvalue weighted by molar-refractivity contribution is 5.87. The van der Waals surface area contributed by atoms with Gasteiger partial charge in [0, 0.05) is 12.7 Å². The maximum atomic E-state index is 11.3. The molecular formula is C11H19N3O2. The minimum absolute atomic E-state index is 0.00117. The predicted molar refractivity (Wildman–Crippen MR) is 61.1 cm³/mol. The second-order valence-corrected chi connectivity index (χ2v) is 4.68. The zero-order valence-electron chi connectivity index (χ0n) is 10.3. The van der Waals surface area contributed by atoms with Gasteiger partial charge in [-0.15, -0.1) is 0 Å². The number of nitrogens with zero attached hydrogens (tertiary/aromatic N) is 2. The van der Waals surface area contributed by atoms with E-state index in [0.29, 0.717) is 12.2 Å². The minimum atomic E-state index is -0.410. The first-order valence-corrected chi connectivity index (χ1v) is 5.21. The highest BCUT2D eigenvalue weighted by Gasteiger charge is 2.20. The van der Waals surface area contributed by atoms with E-state index in [4.69, 9.17) is 5.73 Å². The van der Waals surface area contributed by atoms with Gasteiger partial charge in [0.25, 0.3) is 0 Å². The van der Waals surface area contributed by atoms with Crippen molar-refractivity contribution >= 4 is 5.97 Å². The van der Waals surface area contributed by atoms with E-state index in [-0.39, 0.29) is 5.41 Å². The number of hydrogen-bond acceptors (Lipinski definition) is 4. The molecule has 5 heteroatoms. The first-order valence-electron chi connectivity index (χ1n) is 5.21. The maximum Gasteiger partial charge on any atom is 0.358 e. The Hall–Kier alpha value is -1.36. The van der Waals surface area contributed by atoms with Crippen LogP contribution in [0.3, 0.4) is 0 Å². The van der Waals surface area contributed by atoms with Crippen LogP contribution >= 0.6 is 0 Å². The lowest BCUT2D eigenvalue weighted by Crippen LogP contribution is -2.26. The normalized spacial score (nSPS) is 11.6. The standard InChI is InChI=1S/C11H19N3O2/c1-11(2,7-12)6-8-5-9(10(15)16-4)13-14(8)3/h5H,6-7,12H2,1-4H3. The van der Waals surface area contributed by atoms with Crippen LogP contribution in [-0.2, 0) is 18.2 Å². The van der Waals surface area contributed by atoms with Gasteiger partial charge in [-0.05, 0) is 24.4 Å². The molecular weight excluding hydrogens is 206 g/mol. The third kappa shape index (κ3) is 2.82. The smallest absolute Gasteiger partial charge is 0.358 e. The van der Waals surface area contributed by atoms with Crippen LogP contribution in [0.25, 0.3) is 0 Å². The number of carbonyl (C=O) groups excluding carboxylic acids is 1. The summed E-state index contributed by atoms with van der Waals surface area (Å²) in [6, 6.07) is 1.75. The molecule has 0 fully saturated rings. The number of aromatic nitrogens is 2. The average molecular weight is 225 g/mol. The lowest BCUT2D eigenvalue weighted by Gasteiger charge is -2.21. The highest BCUT2D eigenvalue weighted by Crippen LogP contribution is 2.20. The summed E-state index contributed by atoms with van der Waals surface area (Å²) in [7, 11) is 3.16. The van der Waals surface area contributed by atoms with Crippen molar-refractivity contribution in [2.75, 3.05) is 13.7 Å². The van der Waals surface area contributed by atoms with Crippen LogP contribution < -0.4 is 5.73 Å². The van der Waals surface area contributed by atoms with Crippen molar-refractivity contribution in [3.63, 3.8) is 0 Å². The summed E-state index contributed by atoms with van der Waals surface area (Å²) in [6.45, 7) is 4.75. The van der Waals surface area contributed by atoms with Crippen molar-refractivity contribution in [1.29, 1.82) is 0 Å². The van der Waals surface area contributed by atoms with Gasteiger partial charge in [-0.1, -0.05) is 13.8 Å². The maximum absolute atomic E-state index is 11.3. The quantitative estimate of drug-likeness (QED) is 0.767. The number of methoxy groups -OCH3 is 1. The van der Waals surface area contributed by atoms with Crippen LogP contribution in [0.4, 0.5) is 0 Å². The van der Waals surface area contributed by atoms with E-state index in [9.17, 15) is 4.79 Å². The minimum Gasteiger partial charge on any atom is -0.464 e. The number of rotatable bonds is 4. The fourth-order valence-corrected chi connectivity index (χ4v) is 1.44. The number of esters is 1. The Morgan fingerprint density at radius 2 is 2.25 bits per heavy atom. The molecule has 16 heavy (non-hydrogen) atoms. The van der Waals surface area contributed by atoms with Gasteiger partial charge >= 0.3 is 5.97 Å². The van der Waals surface area contributed by atoms with Crippen LogP contribution in [0, 0.1) is 5.41 Å². The third-order valence-corrected chi connectivity index (χ3v) is 2.58. The summed E-state index contributed by atoms with van der Waals surface area (Å²) in [5.74, 6) is -0.410. The zero-order valence-corrected chi connectivity index (χ0v) is 10.3. The summed E-state index contributed by atoms with van der Waals surface area (Å²) >= 11 is 0. The Labute approximate surface area is 95.6 Å². The number of aryl methyl sites for hydroxylation is 1. The van der Waals surface area contributed by atoms with Crippen molar-refractivity contribution in [1.82, 2.24) is 9.78 Å². The molecule has 1 rings (SSSR count). The first kappa shape index (κ1) is 12.7. The Bertz CT molecular complexity index is 383. The van der Waals surface area contributed by atoms with Crippen molar-refractivity contribution < 1.29 is 9.53 Å². The van der Waals surface area contributed by atoms with Gasteiger partial charge < -0.3 is 10.5 Å². The molecule has 1 aromatic heterocycles. The SMILES string of the molecule is COC(=O)c1cc(CC(C)(C)CN)n(C)n1. The van der Waals surface area contributed by atoms with Crippen molar-refractivity contribution in [3.8, 4) is 0 Å². The Morgan fingerprint density at radius 1 is 1.62 bits per heavy atom. The molecule has 0 saturated carbocycles. The Kier molecular flexibility index (Phi) is 3.70. The molecule has 0 aliphatic heterocycles. The molecule has 0 saturated heterocycles. The van der Waals surface area contributed by atoms with E-state index in [1.54, 1.807) is 10.7 Å². The van der Waals surface area contributed by atoms with Crippen molar-refractivity contribution in [2.24, 2.45) is 18.2 Å². The second-order valence-electron chi connectivity index (χ2n) is 4.68. The van der Waals surface area contributed by atoms with Crippen LogP contribution in [0.2, 0.25) is 0 Å². The molecule has 0 spiro atoms. The largest absolute Gasteiger partial charge is 0.464 e. The molecule has 0 aromatic carbocycles. The number of ether oxygens (including phenoxy) is 1. The molecule has 5 nitrogen and oxygen atoms in total. The number of carbonyl (C=O) groups is 1. The van der Waals surface area contributed by atoms with Gasteiger partial charge in [0.05, 0.1) is 7.11 Å². The summed E-state index contributed by atoms with van der Waals surface area (Å²) in [4.78, 5) is 11.3. The summed E-state index contributed by atoms with van der Waals surface area (Å²) < 4.78 is 6.32. The van der Waals surface area contributed by atoms with Crippen LogP contribution in [0.1, 0.15) is 30.0 Å². The van der Waals surface area contributed by atoms with E-state index < -0.39 is 5.97 Å². The van der Waals surface area contributed by atoms with Crippen LogP contribution in [0.5, 0.6) is 0 Å². The van der Waals surface area contributed by atoms with E-state index in [1.807, 2.05) is 7.05 Å². The number of hydrogen-bond donors (Lipinski definition) is 1. The third-order valence-electron chi connectivity index (χ3n) is 2.58. The molecule has 90 valence electrons. The zero-order chi connectivity index (χ0) is 12.3. The molecule has 0 aliphatic carbocycles. The molecule has 1 heterocycles. The highest BCUT2D eigenvalue weighted by atomic mass is 16.5. The average Bonchev–Trinajstić information content (AvgIpc) is 2.58. The summed E-state index contributed by atoms with van der Waals surface area (Å²) in [5, 5.41) is 4.10. The van der Waals surface area contributed by atoms with Crippen molar-refractivity contribution in [2.45, 2.75) is 20.3 Å². The Morgan fingerprint density at radius 3 is 2.75 bits per heavy atom. The van der Waals surface area contributed by atoms with Gasteiger partial charge in [-0.2, -0.15) is 5.10 Å². The molecule has 2 N–H and O–H groups in total. The Balaban J connectivity index is 2.90. The molecule has 0 bridgehead atoms. The fourth-order valence-electron chi connectivity index (χ4n) is 1.44. The first-order chi connectivity index (χ1) is 7.39. The monoisotopic (exact) mass is 225 g/mol. The topological polar surface area (TPSA) is 70.1 Å². The second kappa shape index (κ2) is 4.65. The van der Waals surface area contributed by atoms with Gasteiger partial charge in [0.2, 0.25) is 0 Å². The van der Waals surface area contributed by atoms with Gasteiger partial charge in [0.15, 0.2) is 5.69 Å². The van der Waals surface area contributed by atoms with Crippen LogP contribution in [-0.4, -0.2) is 29.4 Å².